The third kappa shape index (κ3) is 6.78. The molecule has 3 rings (SSSR count). The molecule has 2 unspecified atom stereocenters. The van der Waals surface area contributed by atoms with E-state index in [-0.39, 0.29) is 6.04 Å². The summed E-state index contributed by atoms with van der Waals surface area (Å²) in [6.07, 6.45) is 4.20. The van der Waals surface area contributed by atoms with Crippen LogP contribution in [0.3, 0.4) is 0 Å². The molecule has 11 heteroatoms. The van der Waals surface area contributed by atoms with Gasteiger partial charge in [0.25, 0.3) is 0 Å². The van der Waals surface area contributed by atoms with E-state index < -0.39 is 21.7 Å². The predicted octanol–water partition coefficient (Wildman–Crippen LogP) is 4.78. The highest BCUT2D eigenvalue weighted by Gasteiger charge is 2.12. The number of nitrogens with zero attached hydrogens (tertiary/aromatic N) is 4. The van der Waals surface area contributed by atoms with Crippen LogP contribution in [0.25, 0.3) is 10.9 Å². The van der Waals surface area contributed by atoms with Crippen LogP contribution in [0.5, 0.6) is 11.5 Å². The summed E-state index contributed by atoms with van der Waals surface area (Å²) in [5.41, 5.74) is 1.06. The molecule has 9 nitrogen and oxygen atoms in total. The zero-order chi connectivity index (χ0) is 23.8. The van der Waals surface area contributed by atoms with Gasteiger partial charge in [0.2, 0.25) is 0 Å². The van der Waals surface area contributed by atoms with Gasteiger partial charge in [0, 0.05) is 23.2 Å². The van der Waals surface area contributed by atoms with Gasteiger partial charge in [0.1, 0.15) is 17.8 Å². The SMILES string of the molecule is COc1cc2c(NC(C)C)ncnc2cc1OCCC/S(C)=N\S(=O)c1ccc(N=O)cc1. The van der Waals surface area contributed by atoms with E-state index in [4.69, 9.17) is 9.47 Å². The summed E-state index contributed by atoms with van der Waals surface area (Å²) in [5, 5.41) is 7.02. The molecular weight excluding hydrogens is 462 g/mol. The molecule has 0 saturated carbocycles. The largest absolute Gasteiger partial charge is 0.493 e. The highest BCUT2D eigenvalue weighted by molar-refractivity contribution is 7.96. The Labute approximate surface area is 198 Å². The van der Waals surface area contributed by atoms with Gasteiger partial charge in [-0.3, -0.25) is 0 Å². The summed E-state index contributed by atoms with van der Waals surface area (Å²) in [7, 11) is -0.285. The van der Waals surface area contributed by atoms with Crippen molar-refractivity contribution in [3.63, 3.8) is 0 Å². The Morgan fingerprint density at radius 2 is 1.88 bits per heavy atom. The lowest BCUT2D eigenvalue weighted by atomic mass is 10.2. The average molecular weight is 490 g/mol. The van der Waals surface area contributed by atoms with E-state index in [1.807, 2.05) is 32.2 Å². The predicted molar refractivity (Wildman–Crippen MR) is 134 cm³/mol. The second kappa shape index (κ2) is 11.8. The van der Waals surface area contributed by atoms with Crippen LogP contribution in [-0.4, -0.2) is 45.9 Å². The topological polar surface area (TPSA) is 115 Å². The van der Waals surface area contributed by atoms with E-state index in [9.17, 15) is 9.12 Å². The molecule has 0 saturated heterocycles. The number of hydrogen-bond donors (Lipinski definition) is 1. The van der Waals surface area contributed by atoms with E-state index in [0.717, 1.165) is 28.9 Å². The molecule has 1 aromatic heterocycles. The van der Waals surface area contributed by atoms with Crippen LogP contribution in [0.1, 0.15) is 20.3 Å². The third-order valence-electron chi connectivity index (χ3n) is 4.53. The summed E-state index contributed by atoms with van der Waals surface area (Å²) in [4.78, 5) is 19.7. The van der Waals surface area contributed by atoms with Crippen molar-refractivity contribution >= 4 is 44.1 Å². The fourth-order valence-corrected chi connectivity index (χ4v) is 5.47. The molecule has 0 spiro atoms. The van der Waals surface area contributed by atoms with Crippen LogP contribution in [0.2, 0.25) is 0 Å². The van der Waals surface area contributed by atoms with Crippen LogP contribution in [0, 0.1) is 4.91 Å². The third-order valence-corrected chi connectivity index (χ3v) is 7.64. The lowest BCUT2D eigenvalue weighted by molar-refractivity contribution is 0.296. The Bertz CT molecular complexity index is 1170. The number of ether oxygens (including phenoxy) is 2. The maximum atomic E-state index is 12.4. The standard InChI is InChI=1S/C22H27N5O4S2/c1-15(2)25-22-18-12-20(30-3)21(13-19(18)23-14-24-22)31-10-5-11-32(4)27-33(29)17-8-6-16(26-28)7-9-17/h6-9,12-15H,5,10-11H2,1-4H3,(H,23,24,25). The minimum atomic E-state index is -1.48. The van der Waals surface area contributed by atoms with Crippen molar-refractivity contribution in [2.45, 2.75) is 31.2 Å². The van der Waals surface area contributed by atoms with Gasteiger partial charge in [-0.05, 0) is 62.0 Å². The maximum absolute atomic E-state index is 12.4. The normalized spacial score (nSPS) is 13.1. The Balaban J connectivity index is 1.61. The first-order chi connectivity index (χ1) is 15.9. The smallest absolute Gasteiger partial charge is 0.178 e. The van der Waals surface area contributed by atoms with Crippen LogP contribution < -0.4 is 14.8 Å². The quantitative estimate of drug-likeness (QED) is 0.304. The van der Waals surface area contributed by atoms with Crippen LogP contribution in [0.4, 0.5) is 11.5 Å². The van der Waals surface area contributed by atoms with Crippen LogP contribution in [0.15, 0.2) is 56.6 Å². The highest BCUT2D eigenvalue weighted by atomic mass is 32.2. The number of anilines is 1. The van der Waals surface area contributed by atoms with Crippen LogP contribution >= 0.6 is 0 Å². The van der Waals surface area contributed by atoms with E-state index >= 15 is 0 Å². The first kappa shape index (κ1) is 24.7. The highest BCUT2D eigenvalue weighted by Crippen LogP contribution is 2.34. The Hall–Kier alpha value is -2.92. The van der Waals surface area contributed by atoms with Crippen LogP contribution in [-0.2, 0) is 21.7 Å². The molecule has 2 atom stereocenters. The van der Waals surface area contributed by atoms with Crippen molar-refractivity contribution in [2.75, 3.05) is 31.0 Å². The fraction of sp³-hybridized carbons (Fsp3) is 0.364. The summed E-state index contributed by atoms with van der Waals surface area (Å²) in [5.74, 6) is 2.71. The number of aromatic nitrogens is 2. The first-order valence-corrected chi connectivity index (χ1v) is 13.2. The number of methoxy groups -OCH3 is 1. The van der Waals surface area contributed by atoms with Gasteiger partial charge in [-0.15, -0.1) is 4.91 Å². The molecule has 0 radical (unpaired) electrons. The summed E-state index contributed by atoms with van der Waals surface area (Å²) in [6, 6.07) is 10.2. The molecule has 3 aromatic rings. The molecular formula is C22H27N5O4S2. The molecule has 33 heavy (non-hydrogen) atoms. The Kier molecular flexibility index (Phi) is 8.84. The first-order valence-electron chi connectivity index (χ1n) is 10.3. The zero-order valence-corrected chi connectivity index (χ0v) is 20.6. The maximum Gasteiger partial charge on any atom is 0.178 e. The minimum absolute atomic E-state index is 0.236. The Morgan fingerprint density at radius 1 is 1.12 bits per heavy atom. The number of nitroso groups, excluding NO2 is 1. The molecule has 176 valence electrons. The van der Waals surface area contributed by atoms with E-state index in [2.05, 4.69) is 24.2 Å². The van der Waals surface area contributed by atoms with E-state index in [1.54, 1.807) is 19.2 Å². The van der Waals surface area contributed by atoms with Gasteiger partial charge in [-0.25, -0.2) is 14.2 Å². The van der Waals surface area contributed by atoms with Crippen molar-refractivity contribution in [1.82, 2.24) is 9.97 Å². The van der Waals surface area contributed by atoms with Gasteiger partial charge in [-0.1, -0.05) is 10.7 Å². The van der Waals surface area contributed by atoms with Crippen molar-refractivity contribution in [3.8, 4) is 11.5 Å². The van der Waals surface area contributed by atoms with Gasteiger partial charge < -0.3 is 14.8 Å². The van der Waals surface area contributed by atoms with E-state index in [0.29, 0.717) is 28.7 Å². The van der Waals surface area contributed by atoms with Crippen molar-refractivity contribution < 1.29 is 13.7 Å². The molecule has 0 amide bonds. The van der Waals surface area contributed by atoms with Crippen molar-refractivity contribution in [2.24, 2.45) is 8.94 Å². The number of rotatable bonds is 11. The fourth-order valence-electron chi connectivity index (χ4n) is 2.99. The molecule has 0 aliphatic carbocycles. The van der Waals surface area contributed by atoms with E-state index in [1.165, 1.54) is 18.5 Å². The number of hydrogen-bond acceptors (Lipinski definition) is 8. The Morgan fingerprint density at radius 3 is 2.55 bits per heavy atom. The van der Waals surface area contributed by atoms with Gasteiger partial charge in [-0.2, -0.15) is 3.77 Å². The summed E-state index contributed by atoms with van der Waals surface area (Å²) in [6.45, 7) is 4.56. The van der Waals surface area contributed by atoms with Gasteiger partial charge >= 0.3 is 0 Å². The molecule has 2 aromatic carbocycles. The lowest BCUT2D eigenvalue weighted by Gasteiger charge is -2.15. The molecule has 0 fully saturated rings. The number of benzene rings is 2. The lowest BCUT2D eigenvalue weighted by Crippen LogP contribution is -2.11. The molecule has 0 aliphatic rings. The average Bonchev–Trinajstić information content (AvgIpc) is 2.81. The second-order valence-electron chi connectivity index (χ2n) is 7.46. The zero-order valence-electron chi connectivity index (χ0n) is 19.0. The van der Waals surface area contributed by atoms with Gasteiger partial charge in [0.15, 0.2) is 22.5 Å². The van der Waals surface area contributed by atoms with Crippen molar-refractivity contribution in [1.29, 1.82) is 0 Å². The summed E-state index contributed by atoms with van der Waals surface area (Å²) >= 11 is 0. The second-order valence-corrected chi connectivity index (χ2v) is 10.6. The number of fused-ring (bicyclic) bond motifs is 1. The molecule has 0 bridgehead atoms. The number of nitrogens with one attached hydrogen (secondary N) is 1. The molecule has 1 heterocycles. The molecule has 0 aliphatic heterocycles. The monoisotopic (exact) mass is 489 g/mol. The van der Waals surface area contributed by atoms with Gasteiger partial charge in [0.05, 0.1) is 24.1 Å². The molecule has 1 N–H and O–H groups in total. The minimum Gasteiger partial charge on any atom is -0.493 e. The van der Waals surface area contributed by atoms with Crippen molar-refractivity contribution in [3.05, 3.63) is 47.6 Å². The summed E-state index contributed by atoms with van der Waals surface area (Å²) < 4.78 is 28.2.